The maximum absolute atomic E-state index is 11.6. The topological polar surface area (TPSA) is 143 Å². The maximum Gasteiger partial charge on any atom is 0.328 e. The van der Waals surface area contributed by atoms with Crippen LogP contribution >= 0.6 is 0 Å². The molecule has 0 saturated carbocycles. The van der Waals surface area contributed by atoms with Crippen LogP contribution in [0.25, 0.3) is 0 Å². The van der Waals surface area contributed by atoms with E-state index in [2.05, 4.69) is 4.84 Å². The molecular weight excluding hydrogens is 296 g/mol. The summed E-state index contributed by atoms with van der Waals surface area (Å²) in [6.45, 7) is 0.0977. The Morgan fingerprint density at radius 1 is 1.32 bits per heavy atom. The van der Waals surface area contributed by atoms with Gasteiger partial charge in [-0.05, 0) is 30.5 Å². The summed E-state index contributed by atoms with van der Waals surface area (Å²) in [6, 6.07) is 5.40. The molecule has 1 atom stereocenters. The quantitative estimate of drug-likeness (QED) is 0.219. The Labute approximate surface area is 126 Å². The Morgan fingerprint density at radius 3 is 2.68 bits per heavy atom. The highest BCUT2D eigenvalue weighted by atomic mass is 17.1. The van der Waals surface area contributed by atoms with Gasteiger partial charge in [-0.1, -0.05) is 12.1 Å². The molecule has 0 heterocycles. The van der Waals surface area contributed by atoms with Gasteiger partial charge in [0.05, 0.1) is 18.4 Å². The van der Waals surface area contributed by atoms with Crippen LogP contribution in [0.1, 0.15) is 18.4 Å². The number of esters is 1. The van der Waals surface area contributed by atoms with Crippen LogP contribution in [0.4, 0.5) is 0 Å². The fourth-order valence-corrected chi connectivity index (χ4v) is 1.65. The first-order chi connectivity index (χ1) is 10.4. The van der Waals surface area contributed by atoms with E-state index in [1.165, 1.54) is 0 Å². The summed E-state index contributed by atoms with van der Waals surface area (Å²) in [5, 5.41) is 24.9. The van der Waals surface area contributed by atoms with Gasteiger partial charge < -0.3 is 15.6 Å². The average molecular weight is 314 g/mol. The molecule has 0 aliphatic carbocycles. The molecule has 0 bridgehead atoms. The van der Waals surface area contributed by atoms with Gasteiger partial charge in [0.15, 0.2) is 0 Å². The molecule has 122 valence electrons. The second kappa shape index (κ2) is 9.07. The minimum atomic E-state index is -1.23. The molecule has 0 radical (unpaired) electrons. The van der Waals surface area contributed by atoms with Crippen LogP contribution in [0.15, 0.2) is 24.3 Å². The average Bonchev–Trinajstić information content (AvgIpc) is 2.43. The molecule has 0 aliphatic rings. The molecule has 1 unspecified atom stereocenters. The van der Waals surface area contributed by atoms with Gasteiger partial charge in [-0.25, -0.2) is 4.79 Å². The van der Waals surface area contributed by atoms with Crippen molar-refractivity contribution in [3.63, 3.8) is 0 Å². The molecule has 1 rings (SSSR count). The lowest BCUT2D eigenvalue weighted by Crippen LogP contribution is -2.36. The fraction of sp³-hybridized carbons (Fsp3) is 0.385. The van der Waals surface area contributed by atoms with Gasteiger partial charge in [-0.3, -0.25) is 20.0 Å². The molecule has 0 saturated heterocycles. The van der Waals surface area contributed by atoms with E-state index in [4.69, 9.17) is 26.0 Å². The molecule has 5 N–H and O–H groups in total. The van der Waals surface area contributed by atoms with E-state index >= 15 is 0 Å². The lowest BCUT2D eigenvalue weighted by molar-refractivity contribution is -0.492. The Kier molecular flexibility index (Phi) is 7.43. The van der Waals surface area contributed by atoms with Crippen molar-refractivity contribution in [2.75, 3.05) is 6.61 Å². The molecule has 0 aliphatic heterocycles. The van der Waals surface area contributed by atoms with Gasteiger partial charge in [-0.15, -0.1) is 0 Å². The van der Waals surface area contributed by atoms with Gasteiger partial charge in [0.1, 0.15) is 11.8 Å². The number of hydrogen-bond donors (Lipinski definition) is 4. The number of hydrogen-bond acceptors (Lipinski definition) is 8. The number of ether oxygens (including phenoxy) is 1. The second-order valence-corrected chi connectivity index (χ2v) is 4.46. The predicted molar refractivity (Wildman–Crippen MR) is 72.0 cm³/mol. The van der Waals surface area contributed by atoms with Crippen molar-refractivity contribution in [1.29, 1.82) is 0 Å². The number of carboxylic acid groups (broad SMARTS) is 1. The molecule has 9 heteroatoms. The molecule has 9 nitrogen and oxygen atoms in total. The summed E-state index contributed by atoms with van der Waals surface area (Å²) < 4.78 is 5.02. The van der Waals surface area contributed by atoms with Crippen molar-refractivity contribution in [2.45, 2.75) is 25.3 Å². The van der Waals surface area contributed by atoms with Crippen LogP contribution in [0.3, 0.4) is 0 Å². The highest BCUT2D eigenvalue weighted by Crippen LogP contribution is 2.15. The third kappa shape index (κ3) is 7.11. The molecule has 0 aromatic heterocycles. The summed E-state index contributed by atoms with van der Waals surface area (Å²) in [4.78, 5) is 26.5. The number of carbonyl (C=O) groups excluding carboxylic acids is 1. The first-order valence-corrected chi connectivity index (χ1v) is 6.47. The number of aliphatic carboxylic acids is 1. The first-order valence-electron chi connectivity index (χ1n) is 6.47. The van der Waals surface area contributed by atoms with E-state index < -0.39 is 24.4 Å². The molecule has 0 fully saturated rings. The standard InChI is InChI=1S/C13H18N2O7/c14-11(8-12(16)17)13(18)22-10-5-1-3-9(7-10)4-2-6-21-15(19)20/h1,3,5,7,11,19-20H,2,4,6,8,14H2,(H,16,17). The van der Waals surface area contributed by atoms with E-state index in [0.29, 0.717) is 12.8 Å². The molecule has 1 aromatic carbocycles. The van der Waals surface area contributed by atoms with Crippen LogP contribution in [0.2, 0.25) is 0 Å². The number of rotatable bonds is 9. The SMILES string of the molecule is NC(CC(=O)O)C(=O)Oc1cccc(CCCON(O)O)c1. The Hall–Kier alpha value is -2.04. The fourth-order valence-electron chi connectivity index (χ4n) is 1.65. The van der Waals surface area contributed by atoms with Crippen LogP contribution in [0.5, 0.6) is 5.75 Å². The van der Waals surface area contributed by atoms with Gasteiger partial charge >= 0.3 is 11.9 Å². The van der Waals surface area contributed by atoms with E-state index in [9.17, 15) is 9.59 Å². The largest absolute Gasteiger partial charge is 0.481 e. The third-order valence-electron chi connectivity index (χ3n) is 2.63. The number of benzene rings is 1. The van der Waals surface area contributed by atoms with E-state index in [1.54, 1.807) is 24.3 Å². The van der Waals surface area contributed by atoms with Crippen molar-refractivity contribution in [2.24, 2.45) is 5.73 Å². The Bertz CT molecular complexity index is 507. The van der Waals surface area contributed by atoms with Crippen LogP contribution in [-0.2, 0) is 20.8 Å². The summed E-state index contributed by atoms with van der Waals surface area (Å²) >= 11 is 0. The zero-order valence-electron chi connectivity index (χ0n) is 11.7. The zero-order chi connectivity index (χ0) is 16.5. The third-order valence-corrected chi connectivity index (χ3v) is 2.63. The van der Waals surface area contributed by atoms with E-state index in [0.717, 1.165) is 5.56 Å². The molecular formula is C13H18N2O7. The smallest absolute Gasteiger partial charge is 0.328 e. The van der Waals surface area contributed by atoms with Gasteiger partial charge in [-0.2, -0.15) is 0 Å². The molecule has 0 amide bonds. The van der Waals surface area contributed by atoms with Gasteiger partial charge in [0, 0.05) is 0 Å². The van der Waals surface area contributed by atoms with Crippen molar-refractivity contribution in [1.82, 2.24) is 5.39 Å². The normalized spacial score (nSPS) is 12.2. The maximum atomic E-state index is 11.6. The number of aryl methyl sites for hydroxylation is 1. The van der Waals surface area contributed by atoms with Crippen molar-refractivity contribution < 1.29 is 34.7 Å². The van der Waals surface area contributed by atoms with Crippen LogP contribution in [-0.4, -0.2) is 45.5 Å². The highest BCUT2D eigenvalue weighted by Gasteiger charge is 2.19. The number of nitrogens with zero attached hydrogens (tertiary/aromatic N) is 1. The number of carboxylic acids is 1. The number of carbonyl (C=O) groups is 2. The second-order valence-electron chi connectivity index (χ2n) is 4.46. The Balaban J connectivity index is 2.49. The monoisotopic (exact) mass is 314 g/mol. The first kappa shape index (κ1) is 18.0. The van der Waals surface area contributed by atoms with Crippen LogP contribution in [0, 0.1) is 0 Å². The lowest BCUT2D eigenvalue weighted by atomic mass is 10.1. The molecule has 22 heavy (non-hydrogen) atoms. The zero-order valence-corrected chi connectivity index (χ0v) is 11.7. The van der Waals surface area contributed by atoms with Crippen molar-refractivity contribution in [3.05, 3.63) is 29.8 Å². The highest BCUT2D eigenvalue weighted by molar-refractivity contribution is 5.83. The summed E-state index contributed by atoms with van der Waals surface area (Å²) in [5.41, 5.74) is 6.24. The van der Waals surface area contributed by atoms with E-state index in [-0.39, 0.29) is 17.7 Å². The summed E-state index contributed by atoms with van der Waals surface area (Å²) in [7, 11) is 0. The van der Waals surface area contributed by atoms with Gasteiger partial charge in [0.2, 0.25) is 0 Å². The van der Waals surface area contributed by atoms with Gasteiger partial charge in [0.25, 0.3) is 0 Å². The molecule has 0 spiro atoms. The van der Waals surface area contributed by atoms with Crippen LogP contribution < -0.4 is 10.5 Å². The summed E-state index contributed by atoms with van der Waals surface area (Å²) in [6.07, 6.45) is 0.558. The molecule has 1 aromatic rings. The van der Waals surface area contributed by atoms with E-state index in [1.807, 2.05) is 0 Å². The van der Waals surface area contributed by atoms with Crippen molar-refractivity contribution >= 4 is 11.9 Å². The minimum absolute atomic E-state index is 0.0977. The minimum Gasteiger partial charge on any atom is -0.481 e. The lowest BCUT2D eigenvalue weighted by Gasteiger charge is -2.10. The predicted octanol–water partition coefficient (Wildman–Crippen LogP) is 0.339. The Morgan fingerprint density at radius 2 is 2.05 bits per heavy atom. The number of nitrogens with two attached hydrogens (primary N) is 1. The van der Waals surface area contributed by atoms with Crippen molar-refractivity contribution in [3.8, 4) is 5.75 Å². The summed E-state index contributed by atoms with van der Waals surface area (Å²) in [5.74, 6) is -1.74.